The number of pyridine rings is 2. The van der Waals surface area contributed by atoms with Crippen molar-refractivity contribution >= 4 is 27.6 Å². The SMILES string of the molecule is O=C1CC(O)(c2nccc3c2[nH]c2ccccc23)c2ccncc21. The Morgan fingerprint density at radius 3 is 2.88 bits per heavy atom. The molecule has 0 saturated carbocycles. The number of carbonyl (C=O) groups is 1. The Morgan fingerprint density at radius 2 is 1.96 bits per heavy atom. The van der Waals surface area contributed by atoms with Gasteiger partial charge in [0.25, 0.3) is 0 Å². The molecule has 4 aromatic rings. The van der Waals surface area contributed by atoms with Gasteiger partial charge in [-0.25, -0.2) is 0 Å². The lowest BCUT2D eigenvalue weighted by Crippen LogP contribution is -2.26. The number of H-pyrrole nitrogens is 1. The zero-order valence-electron chi connectivity index (χ0n) is 12.7. The number of nitrogens with one attached hydrogen (secondary N) is 1. The molecule has 0 bridgehead atoms. The number of nitrogens with zero attached hydrogens (tertiary/aromatic N) is 2. The number of para-hydroxylation sites is 1. The Kier molecular flexibility index (Phi) is 2.51. The van der Waals surface area contributed by atoms with Crippen molar-refractivity contribution in [1.29, 1.82) is 0 Å². The van der Waals surface area contributed by atoms with E-state index in [0.29, 0.717) is 16.8 Å². The molecule has 1 unspecified atom stereocenters. The lowest BCUT2D eigenvalue weighted by atomic mass is 9.91. The summed E-state index contributed by atoms with van der Waals surface area (Å²) in [6.45, 7) is 0. The molecule has 1 aromatic carbocycles. The van der Waals surface area contributed by atoms with E-state index >= 15 is 0 Å². The molecule has 5 nitrogen and oxygen atoms in total. The number of rotatable bonds is 1. The second-order valence-corrected chi connectivity index (χ2v) is 6.13. The third-order valence-electron chi connectivity index (χ3n) is 4.80. The summed E-state index contributed by atoms with van der Waals surface area (Å²) >= 11 is 0. The van der Waals surface area contributed by atoms with E-state index in [1.165, 1.54) is 6.20 Å². The van der Waals surface area contributed by atoms with E-state index in [-0.39, 0.29) is 12.2 Å². The first-order valence-corrected chi connectivity index (χ1v) is 7.74. The van der Waals surface area contributed by atoms with Crippen molar-refractivity contribution in [3.05, 3.63) is 71.8 Å². The van der Waals surface area contributed by atoms with Crippen molar-refractivity contribution in [3.63, 3.8) is 0 Å². The van der Waals surface area contributed by atoms with Crippen LogP contribution in [0.15, 0.2) is 55.0 Å². The van der Waals surface area contributed by atoms with Gasteiger partial charge in [0.1, 0.15) is 11.3 Å². The van der Waals surface area contributed by atoms with Crippen molar-refractivity contribution < 1.29 is 9.90 Å². The predicted octanol–water partition coefficient (Wildman–Crippen LogP) is 2.93. The minimum absolute atomic E-state index is 0.0183. The largest absolute Gasteiger partial charge is 0.378 e. The summed E-state index contributed by atoms with van der Waals surface area (Å²) in [4.78, 5) is 24.1. The molecule has 0 aliphatic heterocycles. The molecule has 0 amide bonds. The molecule has 3 heterocycles. The molecule has 0 radical (unpaired) electrons. The summed E-state index contributed by atoms with van der Waals surface area (Å²) in [7, 11) is 0. The van der Waals surface area contributed by atoms with Gasteiger partial charge in [0, 0.05) is 52.4 Å². The highest BCUT2D eigenvalue weighted by molar-refractivity contribution is 6.09. The zero-order valence-corrected chi connectivity index (χ0v) is 12.7. The summed E-state index contributed by atoms with van der Waals surface area (Å²) in [6, 6.07) is 11.6. The number of aliphatic hydroxyl groups is 1. The van der Waals surface area contributed by atoms with Gasteiger partial charge in [0.05, 0.1) is 5.52 Å². The number of benzene rings is 1. The maximum absolute atomic E-state index is 12.3. The lowest BCUT2D eigenvalue weighted by molar-refractivity contribution is 0.0668. The first-order valence-electron chi connectivity index (χ1n) is 7.74. The standard InChI is InChI=1S/C19H13N3O2/c23-16-9-19(24,14-6-7-20-10-13(14)16)18-17-12(5-8-21-18)11-3-1-2-4-15(11)22-17/h1-8,10,22,24H,9H2. The second-order valence-electron chi connectivity index (χ2n) is 6.13. The fourth-order valence-corrected chi connectivity index (χ4v) is 3.70. The summed E-state index contributed by atoms with van der Waals surface area (Å²) < 4.78 is 0. The Hall–Kier alpha value is -3.05. The summed E-state index contributed by atoms with van der Waals surface area (Å²) in [6.07, 6.45) is 4.77. The van der Waals surface area contributed by atoms with Crippen molar-refractivity contribution in [3.8, 4) is 0 Å². The molecule has 1 aliphatic carbocycles. The van der Waals surface area contributed by atoms with E-state index in [1.807, 2.05) is 30.3 Å². The van der Waals surface area contributed by atoms with Crippen LogP contribution in [0.3, 0.4) is 0 Å². The molecular formula is C19H13N3O2. The van der Waals surface area contributed by atoms with Crippen LogP contribution in [0.1, 0.15) is 28.0 Å². The number of aromatic nitrogens is 3. The van der Waals surface area contributed by atoms with E-state index < -0.39 is 5.60 Å². The minimum atomic E-state index is -1.43. The summed E-state index contributed by atoms with van der Waals surface area (Å²) in [5, 5.41) is 13.4. The number of fused-ring (bicyclic) bond motifs is 4. The van der Waals surface area contributed by atoms with Crippen molar-refractivity contribution in [2.45, 2.75) is 12.0 Å². The van der Waals surface area contributed by atoms with Gasteiger partial charge in [0.15, 0.2) is 5.78 Å². The van der Waals surface area contributed by atoms with Crippen LogP contribution in [0.2, 0.25) is 0 Å². The maximum Gasteiger partial charge on any atom is 0.168 e. The van der Waals surface area contributed by atoms with Gasteiger partial charge < -0.3 is 10.1 Å². The molecule has 116 valence electrons. The lowest BCUT2D eigenvalue weighted by Gasteiger charge is -2.23. The molecule has 5 heteroatoms. The first kappa shape index (κ1) is 13.4. The van der Waals surface area contributed by atoms with Gasteiger partial charge >= 0.3 is 0 Å². The molecule has 1 aliphatic rings. The van der Waals surface area contributed by atoms with Crippen LogP contribution >= 0.6 is 0 Å². The second kappa shape index (κ2) is 4.49. The first-order chi connectivity index (χ1) is 11.7. The molecule has 24 heavy (non-hydrogen) atoms. The Morgan fingerprint density at radius 1 is 1.08 bits per heavy atom. The van der Waals surface area contributed by atoms with Crippen LogP contribution in [0, 0.1) is 0 Å². The quantitative estimate of drug-likeness (QED) is 0.566. The van der Waals surface area contributed by atoms with Crippen molar-refractivity contribution in [1.82, 2.24) is 15.0 Å². The molecule has 0 saturated heterocycles. The Labute approximate surface area is 137 Å². The van der Waals surface area contributed by atoms with E-state index in [4.69, 9.17) is 0 Å². The van der Waals surface area contributed by atoms with Crippen LogP contribution in [0.4, 0.5) is 0 Å². The maximum atomic E-state index is 12.3. The monoisotopic (exact) mass is 315 g/mol. The van der Waals surface area contributed by atoms with Crippen molar-refractivity contribution in [2.75, 3.05) is 0 Å². The zero-order chi connectivity index (χ0) is 16.3. The van der Waals surface area contributed by atoms with Crippen LogP contribution < -0.4 is 0 Å². The van der Waals surface area contributed by atoms with Crippen LogP contribution in [-0.4, -0.2) is 25.8 Å². The Balaban J connectivity index is 1.86. The van der Waals surface area contributed by atoms with Crippen molar-refractivity contribution in [2.24, 2.45) is 0 Å². The van der Waals surface area contributed by atoms with Gasteiger partial charge in [0.2, 0.25) is 0 Å². The summed E-state index contributed by atoms with van der Waals surface area (Å²) in [5.74, 6) is -0.115. The molecule has 3 aromatic heterocycles. The van der Waals surface area contributed by atoms with Crippen LogP contribution in [-0.2, 0) is 5.60 Å². The summed E-state index contributed by atoms with van der Waals surface area (Å²) in [5.41, 5.74) is 1.82. The van der Waals surface area contributed by atoms with Crippen LogP contribution in [0.5, 0.6) is 0 Å². The third-order valence-corrected chi connectivity index (χ3v) is 4.80. The number of Topliss-reactive ketones (excluding diaryl/α,β-unsaturated/α-hetero) is 1. The fraction of sp³-hybridized carbons (Fsp3) is 0.105. The number of ketones is 1. The van der Waals surface area contributed by atoms with Gasteiger partial charge in [-0.15, -0.1) is 0 Å². The molecule has 0 spiro atoms. The van der Waals surface area contributed by atoms with Gasteiger partial charge in [-0.3, -0.25) is 14.8 Å². The molecule has 1 atom stereocenters. The highest BCUT2D eigenvalue weighted by atomic mass is 16.3. The van der Waals surface area contributed by atoms with Gasteiger partial charge in [-0.1, -0.05) is 18.2 Å². The highest BCUT2D eigenvalue weighted by Gasteiger charge is 2.45. The Bertz CT molecular complexity index is 1130. The normalized spacial score (nSPS) is 20.0. The number of hydrogen-bond acceptors (Lipinski definition) is 4. The minimum Gasteiger partial charge on any atom is -0.378 e. The number of carbonyl (C=O) groups excluding carboxylic acids is 1. The smallest absolute Gasteiger partial charge is 0.168 e. The third kappa shape index (κ3) is 1.59. The topological polar surface area (TPSA) is 78.9 Å². The van der Waals surface area contributed by atoms with Crippen LogP contribution in [0.25, 0.3) is 21.8 Å². The number of aromatic amines is 1. The van der Waals surface area contributed by atoms with Gasteiger partial charge in [-0.2, -0.15) is 0 Å². The van der Waals surface area contributed by atoms with E-state index in [9.17, 15) is 9.90 Å². The van der Waals surface area contributed by atoms with Gasteiger partial charge in [-0.05, 0) is 18.2 Å². The molecule has 2 N–H and O–H groups in total. The molecule has 5 rings (SSSR count). The fourth-order valence-electron chi connectivity index (χ4n) is 3.70. The molecular weight excluding hydrogens is 302 g/mol. The van der Waals surface area contributed by atoms with E-state index in [1.54, 1.807) is 18.5 Å². The molecule has 0 fully saturated rings. The highest BCUT2D eigenvalue weighted by Crippen LogP contribution is 2.43. The predicted molar refractivity (Wildman–Crippen MR) is 89.8 cm³/mol. The average molecular weight is 315 g/mol. The number of hydrogen-bond donors (Lipinski definition) is 2. The van der Waals surface area contributed by atoms with E-state index in [2.05, 4.69) is 15.0 Å². The van der Waals surface area contributed by atoms with E-state index in [0.717, 1.165) is 21.8 Å². The average Bonchev–Trinajstić information content (AvgIpc) is 3.11.